The zero-order valence-corrected chi connectivity index (χ0v) is 9.84. The van der Waals surface area contributed by atoms with Crippen LogP contribution in [0.4, 0.5) is 0 Å². The molecular weight excluding hydrogens is 232 g/mol. The van der Waals surface area contributed by atoms with Gasteiger partial charge in [-0.2, -0.15) is 0 Å². The molecular formula is C10H10O5S. The van der Waals surface area contributed by atoms with Gasteiger partial charge in [0.05, 0.1) is 19.8 Å². The maximum absolute atomic E-state index is 11.5. The Kier molecular flexibility index (Phi) is 3.78. The highest BCUT2D eigenvalue weighted by molar-refractivity contribution is 7.12. The van der Waals surface area contributed by atoms with Gasteiger partial charge in [0.1, 0.15) is 4.88 Å². The minimum absolute atomic E-state index is 0.0214. The number of esters is 2. The van der Waals surface area contributed by atoms with Crippen molar-refractivity contribution >= 4 is 29.1 Å². The fraction of sp³-hybridized carbons (Fsp3) is 0.300. The molecule has 1 aromatic heterocycles. The Morgan fingerprint density at radius 3 is 2.12 bits per heavy atom. The van der Waals surface area contributed by atoms with E-state index in [9.17, 15) is 14.4 Å². The lowest BCUT2D eigenvalue weighted by molar-refractivity contribution is 0.0558. The lowest BCUT2D eigenvalue weighted by Gasteiger charge is -2.02. The van der Waals surface area contributed by atoms with Gasteiger partial charge in [0, 0.05) is 10.9 Å². The summed E-state index contributed by atoms with van der Waals surface area (Å²) >= 11 is 0.985. The second-order valence-corrected chi connectivity index (χ2v) is 3.77. The molecule has 0 amide bonds. The van der Waals surface area contributed by atoms with Gasteiger partial charge in [-0.25, -0.2) is 9.59 Å². The van der Waals surface area contributed by atoms with Crippen molar-refractivity contribution in [3.8, 4) is 0 Å². The highest BCUT2D eigenvalue weighted by Crippen LogP contribution is 2.24. The first kappa shape index (κ1) is 12.4. The number of rotatable bonds is 3. The Bertz CT molecular complexity index is 446. The summed E-state index contributed by atoms with van der Waals surface area (Å²) in [6, 6.07) is 0. The van der Waals surface area contributed by atoms with Gasteiger partial charge in [-0.1, -0.05) is 0 Å². The fourth-order valence-electron chi connectivity index (χ4n) is 1.16. The van der Waals surface area contributed by atoms with Gasteiger partial charge in [0.2, 0.25) is 0 Å². The summed E-state index contributed by atoms with van der Waals surface area (Å²) in [5, 5.41) is 1.45. The molecule has 0 saturated carbocycles. The predicted molar refractivity (Wildman–Crippen MR) is 57.0 cm³/mol. The third-order valence-corrected chi connectivity index (χ3v) is 2.89. The van der Waals surface area contributed by atoms with Crippen LogP contribution in [0, 0.1) is 0 Å². The first-order chi connectivity index (χ1) is 7.52. The van der Waals surface area contributed by atoms with Crippen molar-refractivity contribution in [2.45, 2.75) is 6.92 Å². The largest absolute Gasteiger partial charge is 0.465 e. The Hall–Kier alpha value is -1.69. The van der Waals surface area contributed by atoms with E-state index in [0.29, 0.717) is 0 Å². The van der Waals surface area contributed by atoms with E-state index < -0.39 is 11.9 Å². The van der Waals surface area contributed by atoms with Crippen LogP contribution < -0.4 is 0 Å². The SMILES string of the molecule is COC(=O)c1scc(C(C)=O)c1C(=O)OC. The molecule has 1 heterocycles. The van der Waals surface area contributed by atoms with Gasteiger partial charge in [-0.3, -0.25) is 4.79 Å². The van der Waals surface area contributed by atoms with E-state index >= 15 is 0 Å². The molecule has 0 unspecified atom stereocenters. The predicted octanol–water partition coefficient (Wildman–Crippen LogP) is 1.52. The molecule has 0 aliphatic rings. The molecule has 1 aromatic rings. The monoisotopic (exact) mass is 242 g/mol. The number of methoxy groups -OCH3 is 2. The van der Waals surface area contributed by atoms with Crippen LogP contribution in [0.5, 0.6) is 0 Å². The quantitative estimate of drug-likeness (QED) is 0.593. The normalized spacial score (nSPS) is 9.69. The van der Waals surface area contributed by atoms with Gasteiger partial charge in [0.15, 0.2) is 5.78 Å². The van der Waals surface area contributed by atoms with Crippen molar-refractivity contribution < 1.29 is 23.9 Å². The second kappa shape index (κ2) is 4.89. The van der Waals surface area contributed by atoms with Crippen molar-refractivity contribution in [3.63, 3.8) is 0 Å². The Morgan fingerprint density at radius 2 is 1.69 bits per heavy atom. The molecule has 86 valence electrons. The molecule has 0 spiro atoms. The van der Waals surface area contributed by atoms with Crippen molar-refractivity contribution in [3.05, 3.63) is 21.4 Å². The summed E-state index contributed by atoms with van der Waals surface area (Å²) in [6.07, 6.45) is 0. The highest BCUT2D eigenvalue weighted by atomic mass is 32.1. The van der Waals surface area contributed by atoms with Crippen LogP contribution in [0.2, 0.25) is 0 Å². The summed E-state index contributed by atoms with van der Waals surface area (Å²) in [4.78, 5) is 34.2. The van der Waals surface area contributed by atoms with Crippen LogP contribution in [0.15, 0.2) is 5.38 Å². The maximum atomic E-state index is 11.5. The minimum Gasteiger partial charge on any atom is -0.465 e. The smallest absolute Gasteiger partial charge is 0.348 e. The number of hydrogen-bond donors (Lipinski definition) is 0. The van der Waals surface area contributed by atoms with Gasteiger partial charge in [-0.05, 0) is 6.92 Å². The molecule has 1 rings (SSSR count). The van der Waals surface area contributed by atoms with Gasteiger partial charge >= 0.3 is 11.9 Å². The second-order valence-electron chi connectivity index (χ2n) is 2.89. The molecule has 0 aromatic carbocycles. The van der Waals surface area contributed by atoms with E-state index in [1.807, 2.05) is 0 Å². The number of ketones is 1. The molecule has 0 atom stereocenters. The summed E-state index contributed by atoms with van der Waals surface area (Å²) in [5.41, 5.74) is 0.157. The molecule has 0 fully saturated rings. The van der Waals surface area contributed by atoms with Gasteiger partial charge < -0.3 is 9.47 Å². The molecule has 6 heteroatoms. The third kappa shape index (κ3) is 2.11. The molecule has 0 radical (unpaired) electrons. The molecule has 0 aliphatic heterocycles. The average molecular weight is 242 g/mol. The lowest BCUT2D eigenvalue weighted by Crippen LogP contribution is -2.12. The summed E-state index contributed by atoms with van der Waals surface area (Å²) in [5.74, 6) is -1.67. The topological polar surface area (TPSA) is 69.7 Å². The van der Waals surface area contributed by atoms with E-state index in [0.717, 1.165) is 11.3 Å². The highest BCUT2D eigenvalue weighted by Gasteiger charge is 2.26. The third-order valence-electron chi connectivity index (χ3n) is 1.93. The zero-order chi connectivity index (χ0) is 12.3. The van der Waals surface area contributed by atoms with Crippen molar-refractivity contribution in [2.75, 3.05) is 14.2 Å². The van der Waals surface area contributed by atoms with Crippen LogP contribution in [-0.4, -0.2) is 31.9 Å². The number of ether oxygens (including phenoxy) is 2. The average Bonchev–Trinajstić information content (AvgIpc) is 2.71. The first-order valence-corrected chi connectivity index (χ1v) is 5.20. The number of carbonyl (C=O) groups excluding carboxylic acids is 3. The Balaban J connectivity index is 3.36. The molecule has 0 saturated heterocycles. The van der Waals surface area contributed by atoms with Crippen LogP contribution in [0.1, 0.15) is 37.3 Å². The fourth-order valence-corrected chi connectivity index (χ4v) is 2.17. The molecule has 5 nitrogen and oxygen atoms in total. The number of Topliss-reactive ketones (excluding diaryl/α,β-unsaturated/α-hetero) is 1. The molecule has 0 bridgehead atoms. The van der Waals surface area contributed by atoms with E-state index in [4.69, 9.17) is 0 Å². The van der Waals surface area contributed by atoms with E-state index in [-0.39, 0.29) is 21.8 Å². The van der Waals surface area contributed by atoms with Gasteiger partial charge in [-0.15, -0.1) is 11.3 Å². The van der Waals surface area contributed by atoms with Crippen LogP contribution in [0.3, 0.4) is 0 Å². The van der Waals surface area contributed by atoms with Crippen molar-refractivity contribution in [1.29, 1.82) is 0 Å². The maximum Gasteiger partial charge on any atom is 0.348 e. The molecule has 16 heavy (non-hydrogen) atoms. The van der Waals surface area contributed by atoms with Crippen LogP contribution >= 0.6 is 11.3 Å². The standard InChI is InChI=1S/C10H10O5S/c1-5(11)6-4-16-8(10(13)15-3)7(6)9(12)14-2/h4H,1-3H3. The molecule has 0 aliphatic carbocycles. The Morgan fingerprint density at radius 1 is 1.12 bits per heavy atom. The summed E-state index contributed by atoms with van der Waals surface area (Å²) in [7, 11) is 2.39. The minimum atomic E-state index is -0.716. The first-order valence-electron chi connectivity index (χ1n) is 4.32. The summed E-state index contributed by atoms with van der Waals surface area (Å²) < 4.78 is 9.05. The number of hydrogen-bond acceptors (Lipinski definition) is 6. The zero-order valence-electron chi connectivity index (χ0n) is 9.03. The van der Waals surface area contributed by atoms with E-state index in [1.165, 1.54) is 26.5 Å². The summed E-state index contributed by atoms with van der Waals surface area (Å²) in [6.45, 7) is 1.32. The molecule has 0 N–H and O–H groups in total. The van der Waals surface area contributed by atoms with Crippen LogP contribution in [0.25, 0.3) is 0 Å². The van der Waals surface area contributed by atoms with Gasteiger partial charge in [0.25, 0.3) is 0 Å². The number of carbonyl (C=O) groups is 3. The van der Waals surface area contributed by atoms with Crippen LogP contribution in [-0.2, 0) is 9.47 Å². The van der Waals surface area contributed by atoms with Crippen molar-refractivity contribution in [2.24, 2.45) is 0 Å². The number of thiophene rings is 1. The lowest BCUT2D eigenvalue weighted by atomic mass is 10.1. The van der Waals surface area contributed by atoms with E-state index in [1.54, 1.807) is 0 Å². The van der Waals surface area contributed by atoms with E-state index in [2.05, 4.69) is 9.47 Å². The Labute approximate surface area is 96.0 Å². The van der Waals surface area contributed by atoms with Crippen molar-refractivity contribution in [1.82, 2.24) is 0 Å².